The lowest BCUT2D eigenvalue weighted by Crippen LogP contribution is -2.56. The van der Waals surface area contributed by atoms with Gasteiger partial charge in [-0.05, 0) is 59.5 Å². The van der Waals surface area contributed by atoms with Crippen molar-refractivity contribution in [3.8, 4) is 68.3 Å². The fraction of sp³-hybridized carbons (Fsp3) is 0.269. The lowest BCUT2D eigenvalue weighted by molar-refractivity contribution is -0.141. The van der Waals surface area contributed by atoms with Gasteiger partial charge in [0.2, 0.25) is 17.7 Å². The van der Waals surface area contributed by atoms with Crippen molar-refractivity contribution in [2.75, 3.05) is 68.7 Å². The number of carbonyl (C=O) groups excluding carboxylic acids is 3. The van der Waals surface area contributed by atoms with Gasteiger partial charge >= 0.3 is 18.5 Å². The number of hydrogen-bond donors (Lipinski definition) is 0. The zero-order chi connectivity index (χ0) is 79.9. The van der Waals surface area contributed by atoms with Crippen molar-refractivity contribution < 1.29 is 67.1 Å². The van der Waals surface area contributed by atoms with Gasteiger partial charge in [0.1, 0.15) is 58.6 Å². The number of nitrogens with zero attached hydrogens (tertiary/aromatic N) is 21. The Bertz CT molecular complexity index is 5700. The number of rotatable bonds is 15. The van der Waals surface area contributed by atoms with Gasteiger partial charge in [0, 0.05) is 123 Å². The average molecular weight is 1570 g/mol. The lowest BCUT2D eigenvalue weighted by Gasteiger charge is -2.40. The zero-order valence-corrected chi connectivity index (χ0v) is 60.5. The average Bonchev–Trinajstić information content (AvgIpc) is 1.42. The van der Waals surface area contributed by atoms with Gasteiger partial charge < -0.3 is 28.4 Å². The Hall–Kier alpha value is -13.1. The van der Waals surface area contributed by atoms with E-state index in [9.17, 15) is 67.1 Å². The third-order valence-corrected chi connectivity index (χ3v) is 19.9. The molecular weight excluding hydrogens is 1510 g/mol. The van der Waals surface area contributed by atoms with Gasteiger partial charge in [-0.15, -0.1) is 0 Å². The number of anilines is 6. The van der Waals surface area contributed by atoms with Crippen molar-refractivity contribution in [2.24, 2.45) is 21.1 Å². The second-order valence-corrected chi connectivity index (χ2v) is 28.0. The Labute approximate surface area is 640 Å². The van der Waals surface area contributed by atoms with Crippen LogP contribution in [0.1, 0.15) is 56.9 Å². The Balaban J connectivity index is 0.000000129. The molecule has 0 saturated carbocycles. The van der Waals surface area contributed by atoms with Gasteiger partial charge in [-0.25, -0.2) is 73.0 Å². The third kappa shape index (κ3) is 15.1. The molecule has 15 heterocycles. The smallest absolute Gasteiger partial charge is 0.356 e. The summed E-state index contributed by atoms with van der Waals surface area (Å²) in [7, 11) is 4.52. The maximum atomic E-state index is 13.5. The minimum Gasteiger partial charge on any atom is -0.356 e. The summed E-state index contributed by atoms with van der Waals surface area (Å²) >= 11 is 0. The second-order valence-electron chi connectivity index (χ2n) is 28.0. The molecule has 0 N–H and O–H groups in total. The van der Waals surface area contributed by atoms with Crippen LogP contribution in [0.2, 0.25) is 0 Å². The molecule has 3 saturated heterocycles. The highest BCUT2D eigenvalue weighted by molar-refractivity contribution is 6.02. The van der Waals surface area contributed by atoms with Crippen LogP contribution in [0.25, 0.3) is 68.3 Å². The third-order valence-electron chi connectivity index (χ3n) is 19.9. The molecule has 0 radical (unpaired) electrons. The first-order valence-electron chi connectivity index (χ1n) is 35.6. The van der Waals surface area contributed by atoms with E-state index in [0.29, 0.717) is 79.7 Å². The molecule has 6 aliphatic heterocycles. The summed E-state index contributed by atoms with van der Waals surface area (Å²) in [5, 5.41) is 0. The van der Waals surface area contributed by atoms with Gasteiger partial charge in [0.15, 0.2) is 34.6 Å². The predicted octanol–water partition coefficient (Wildman–Crippen LogP) is 13.0. The SMILES string of the molecule is Cn1cc(C(F)(F)F)nc1-c1ccc(CN2C(=O)Cc3cnc(-c4cccnc4N4CC(F)(F)C4)nc32)cc1.Cn1cc(C(F)(F)F)nc1-c1ccc(CN2C(=O)Cc3cnc(-c4cccnc4N4CC(F)C4)nc32)cc1.Cn1cc(C(F)(F)F)nc1-c1ccc(CN2C(=O)Cc3cnc(-c4cccnc4N4CCC4)nc32)cc1. The van der Waals surface area contributed by atoms with Crippen molar-refractivity contribution in [1.29, 1.82) is 0 Å². The minimum absolute atomic E-state index is 0.0846. The number of fused-ring (bicyclic) bond motifs is 3. The van der Waals surface area contributed by atoms with Crippen LogP contribution in [0.3, 0.4) is 0 Å². The van der Waals surface area contributed by atoms with Gasteiger partial charge in [0.25, 0.3) is 5.92 Å². The number of hydrogen-bond acceptors (Lipinski definition) is 18. The molecule has 6 aliphatic rings. The van der Waals surface area contributed by atoms with Crippen LogP contribution >= 0.6 is 0 Å². The Morgan fingerprint density at radius 3 is 0.974 bits per heavy atom. The summed E-state index contributed by atoms with van der Waals surface area (Å²) in [6.45, 7) is 2.18. The van der Waals surface area contributed by atoms with Gasteiger partial charge in [-0.1, -0.05) is 72.8 Å². The van der Waals surface area contributed by atoms with Gasteiger partial charge in [-0.2, -0.15) is 39.5 Å². The summed E-state index contributed by atoms with van der Waals surface area (Å²) in [6, 6.07) is 31.3. The van der Waals surface area contributed by atoms with Crippen molar-refractivity contribution in [1.82, 2.24) is 73.5 Å². The molecular formula is C78H63F12N21O3. The van der Waals surface area contributed by atoms with Crippen LogP contribution in [0.15, 0.2) is 165 Å². The van der Waals surface area contributed by atoms with Gasteiger partial charge in [0.05, 0.1) is 81.8 Å². The summed E-state index contributed by atoms with van der Waals surface area (Å²) < 4.78 is 162. The molecule has 0 bridgehead atoms. The van der Waals surface area contributed by atoms with E-state index in [1.54, 1.807) is 132 Å². The van der Waals surface area contributed by atoms with Gasteiger partial charge in [-0.3, -0.25) is 29.1 Å². The molecule has 36 heteroatoms. The fourth-order valence-electron chi connectivity index (χ4n) is 14.0. The van der Waals surface area contributed by atoms with Crippen molar-refractivity contribution in [3.05, 3.63) is 215 Å². The monoisotopic (exact) mass is 1570 g/mol. The van der Waals surface area contributed by atoms with Crippen LogP contribution in [0, 0.1) is 0 Å². The molecule has 3 fully saturated rings. The van der Waals surface area contributed by atoms with Crippen molar-refractivity contribution in [2.45, 2.75) is 75.9 Å². The standard InChI is InChI=1S/C26H20F5N7O.C26H21F4N7O.C26H22F3N7O/c1-36-12-19(26(29,30)31)34-22(36)16-6-4-15(5-7-16)11-38-20(39)9-17-10-33-21(35-23(17)38)18-3-2-8-32-24(18)37-13-25(27,28)14-37;1-35-14-20(26(28,29)30)33-23(35)16-6-4-15(5-7-16)11-37-21(38)9-17-10-32-22(34-24(17)37)19-3-2-8-31-25(19)36-12-18(27)13-36;1-34-15-20(26(27,28)29)32-23(34)17-7-5-16(6-8-17)14-36-21(37)12-18-13-31-22(33-24(18)36)19-4-2-9-30-25(19)35-10-3-11-35/h2-8,10,12H,9,11,13-14H2,1H3;2-8,10,14,18H,9,11-13H2,1H3;2,4-9,13,15H,3,10-12,14H2,1H3. The van der Waals surface area contributed by atoms with Crippen molar-refractivity contribution in [3.63, 3.8) is 0 Å². The molecule has 3 amide bonds. The number of halogens is 12. The quantitative estimate of drug-likeness (QED) is 0.0867. The molecule has 18 rings (SSSR count). The Morgan fingerprint density at radius 1 is 0.395 bits per heavy atom. The first kappa shape index (κ1) is 75.0. The summed E-state index contributed by atoms with van der Waals surface area (Å²) in [5.74, 6) is 1.80. The molecule has 114 heavy (non-hydrogen) atoms. The Morgan fingerprint density at radius 2 is 0.702 bits per heavy atom. The van der Waals surface area contributed by atoms with Crippen LogP contribution < -0.4 is 29.4 Å². The highest BCUT2D eigenvalue weighted by Gasteiger charge is 2.46. The van der Waals surface area contributed by atoms with Crippen LogP contribution in [-0.4, -0.2) is 143 Å². The highest BCUT2D eigenvalue weighted by atomic mass is 19.4. The molecule has 0 aliphatic carbocycles. The Kier molecular flexibility index (Phi) is 19.2. The largest absolute Gasteiger partial charge is 0.434 e. The van der Waals surface area contributed by atoms with E-state index < -0.39 is 60.8 Å². The fourth-order valence-corrected chi connectivity index (χ4v) is 14.0. The van der Waals surface area contributed by atoms with Crippen LogP contribution in [0.5, 0.6) is 0 Å². The van der Waals surface area contributed by atoms with Crippen molar-refractivity contribution >= 4 is 52.6 Å². The molecule has 3 aromatic carbocycles. The van der Waals surface area contributed by atoms with Crippen LogP contribution in [-0.2, 0) is 93.0 Å². The number of benzene rings is 3. The van der Waals surface area contributed by atoms with E-state index in [1.807, 2.05) is 23.1 Å². The molecule has 9 aromatic heterocycles. The predicted molar refractivity (Wildman–Crippen MR) is 393 cm³/mol. The number of aromatic nitrogens is 15. The number of pyridine rings is 3. The lowest BCUT2D eigenvalue weighted by atomic mass is 10.1. The maximum absolute atomic E-state index is 13.5. The maximum Gasteiger partial charge on any atom is 0.434 e. The number of alkyl halides is 12. The van der Waals surface area contributed by atoms with E-state index in [-0.39, 0.29) is 93.0 Å². The van der Waals surface area contributed by atoms with E-state index in [0.717, 1.165) is 71.7 Å². The van der Waals surface area contributed by atoms with E-state index in [4.69, 9.17) is 4.98 Å². The number of amides is 3. The molecule has 0 atom stereocenters. The zero-order valence-electron chi connectivity index (χ0n) is 60.5. The molecule has 0 spiro atoms. The number of carbonyl (C=O) groups is 3. The molecule has 582 valence electrons. The van der Waals surface area contributed by atoms with Crippen LogP contribution in [0.4, 0.5) is 87.6 Å². The summed E-state index contributed by atoms with van der Waals surface area (Å²) in [5.41, 5.74) is 5.07. The van der Waals surface area contributed by atoms with E-state index in [1.165, 1.54) is 50.8 Å². The van der Waals surface area contributed by atoms with E-state index in [2.05, 4.69) is 59.7 Å². The second kappa shape index (κ2) is 29.2. The highest BCUT2D eigenvalue weighted by Crippen LogP contribution is 2.42. The molecule has 12 aromatic rings. The minimum atomic E-state index is -4.54. The normalized spacial score (nSPS) is 15.8. The first-order valence-corrected chi connectivity index (χ1v) is 35.6. The number of aryl methyl sites for hydroxylation is 3. The summed E-state index contributed by atoms with van der Waals surface area (Å²) in [6.07, 6.45) is -0.243. The first-order chi connectivity index (χ1) is 54.4. The molecule has 0 unspecified atom stereocenters. The molecule has 24 nitrogen and oxygen atoms in total. The topological polar surface area (TPSA) is 240 Å². The van der Waals surface area contributed by atoms with E-state index >= 15 is 0 Å². The summed E-state index contributed by atoms with van der Waals surface area (Å²) in [4.78, 5) is 100. The number of imidazole rings is 3.